The number of hydrogen-bond acceptors (Lipinski definition) is 4. The summed E-state index contributed by atoms with van der Waals surface area (Å²) < 4.78 is 8.16. The summed E-state index contributed by atoms with van der Waals surface area (Å²) in [5.41, 5.74) is 7.35. The number of nitrogens with zero attached hydrogens (tertiary/aromatic N) is 2. The van der Waals surface area contributed by atoms with Crippen LogP contribution < -0.4 is 20.4 Å². The van der Waals surface area contributed by atoms with E-state index in [0.29, 0.717) is 18.4 Å². The van der Waals surface area contributed by atoms with E-state index in [9.17, 15) is 4.79 Å². The van der Waals surface area contributed by atoms with Crippen LogP contribution in [0.1, 0.15) is 70.3 Å². The van der Waals surface area contributed by atoms with Gasteiger partial charge in [0.05, 0.1) is 18.1 Å². The lowest BCUT2D eigenvalue weighted by atomic mass is 9.83. The van der Waals surface area contributed by atoms with Gasteiger partial charge in [0.25, 0.3) is 0 Å². The fraction of sp³-hybridized carbons (Fsp3) is 0.483. The van der Waals surface area contributed by atoms with Crippen molar-refractivity contribution in [1.29, 1.82) is 0 Å². The molecule has 2 saturated carbocycles. The molecule has 1 amide bonds. The number of benzene rings is 2. The Hall–Kier alpha value is -3.15. The molecule has 1 atom stereocenters. The molecule has 184 valence electrons. The highest BCUT2D eigenvalue weighted by Crippen LogP contribution is 2.32. The number of ether oxygens (including phenoxy) is 1. The lowest BCUT2D eigenvalue weighted by Gasteiger charge is -2.30. The van der Waals surface area contributed by atoms with Crippen molar-refractivity contribution in [3.63, 3.8) is 0 Å². The van der Waals surface area contributed by atoms with Gasteiger partial charge in [0.2, 0.25) is 5.91 Å². The Morgan fingerprint density at radius 1 is 0.971 bits per heavy atom. The zero-order valence-corrected chi connectivity index (χ0v) is 20.5. The maximum atomic E-state index is 12.9. The molecular formula is C29H37N4O2+. The number of amides is 1. The summed E-state index contributed by atoms with van der Waals surface area (Å²) in [7, 11) is 0. The lowest BCUT2D eigenvalue weighted by molar-refractivity contribution is -0.716. The minimum atomic E-state index is 0.0958. The number of fused-ring (bicyclic) bond motifs is 1. The largest absolute Gasteiger partial charge is 0.457 e. The molecule has 1 aromatic heterocycles. The molecule has 0 radical (unpaired) electrons. The van der Waals surface area contributed by atoms with E-state index in [1.165, 1.54) is 25.7 Å². The van der Waals surface area contributed by atoms with Crippen molar-refractivity contribution >= 4 is 22.8 Å². The lowest BCUT2D eigenvalue weighted by Crippen LogP contribution is -2.52. The van der Waals surface area contributed by atoms with Crippen molar-refractivity contribution in [2.24, 2.45) is 11.8 Å². The number of carbonyl (C=O) groups excluding carboxylic acids is 1. The standard InChI is InChI=1S/C29H36N4O2/c30-29-32-26-17-16-25(35-24-14-8-3-9-15-24)18-23(26)20-33(29)27(21-10-4-1-5-11-21)19-31-28(34)22-12-6-2-7-13-22/h3,8-9,14-18,20-22,27,30H,1-2,4-7,10-13,19H2,(H,31,34)/p+1/t27-/m0/s1. The third-order valence-electron chi connectivity index (χ3n) is 7.77. The van der Waals surface area contributed by atoms with Gasteiger partial charge in [-0.05, 0) is 61.9 Å². The molecule has 0 aliphatic heterocycles. The van der Waals surface area contributed by atoms with Gasteiger partial charge < -0.3 is 10.1 Å². The summed E-state index contributed by atoms with van der Waals surface area (Å²) in [4.78, 5) is 17.7. The van der Waals surface area contributed by atoms with Gasteiger partial charge in [-0.3, -0.25) is 10.5 Å². The summed E-state index contributed by atoms with van der Waals surface area (Å²) in [5, 5.41) is 4.28. The van der Waals surface area contributed by atoms with Crippen LogP contribution in [0.25, 0.3) is 10.9 Å². The number of anilines is 1. The summed E-state index contributed by atoms with van der Waals surface area (Å²) in [6.45, 7) is 0.599. The van der Waals surface area contributed by atoms with E-state index < -0.39 is 0 Å². The van der Waals surface area contributed by atoms with Gasteiger partial charge >= 0.3 is 5.95 Å². The van der Waals surface area contributed by atoms with Crippen molar-refractivity contribution in [3.8, 4) is 11.5 Å². The molecule has 1 heterocycles. The SMILES string of the molecule is Nc1nc2ccc(Oc3ccccc3)cc2c[n+]1[C@@H](CNC(=O)C1CCCCC1)C1CCCCC1. The second-order valence-corrected chi connectivity index (χ2v) is 10.2. The van der Waals surface area contributed by atoms with Crippen molar-refractivity contribution in [2.75, 3.05) is 12.3 Å². The molecule has 6 nitrogen and oxygen atoms in total. The number of rotatable bonds is 7. The fourth-order valence-corrected chi connectivity index (χ4v) is 5.81. The molecule has 6 heteroatoms. The Morgan fingerprint density at radius 3 is 2.43 bits per heavy atom. The highest BCUT2D eigenvalue weighted by Gasteiger charge is 2.31. The third kappa shape index (κ3) is 5.75. The number of aromatic nitrogens is 2. The normalized spacial score (nSPS) is 18.3. The molecular weight excluding hydrogens is 436 g/mol. The van der Waals surface area contributed by atoms with E-state index in [2.05, 4.69) is 16.1 Å². The van der Waals surface area contributed by atoms with Crippen LogP contribution in [0, 0.1) is 11.8 Å². The average molecular weight is 474 g/mol. The molecule has 3 N–H and O–H groups in total. The predicted octanol–water partition coefficient (Wildman–Crippen LogP) is 5.71. The van der Waals surface area contributed by atoms with Crippen molar-refractivity contribution in [2.45, 2.75) is 70.3 Å². The molecule has 0 saturated heterocycles. The number of hydrogen-bond donors (Lipinski definition) is 2. The number of nitrogens with two attached hydrogens (primary N) is 1. The Labute approximate surface area is 207 Å². The van der Waals surface area contributed by atoms with Crippen LogP contribution in [0.3, 0.4) is 0 Å². The quantitative estimate of drug-likeness (QED) is 0.430. The van der Waals surface area contributed by atoms with E-state index >= 15 is 0 Å². The van der Waals surface area contributed by atoms with Crippen molar-refractivity contribution in [3.05, 3.63) is 54.7 Å². The fourth-order valence-electron chi connectivity index (χ4n) is 5.81. The van der Waals surface area contributed by atoms with Gasteiger partial charge in [0.1, 0.15) is 17.5 Å². The van der Waals surface area contributed by atoms with Crippen LogP contribution in [0.4, 0.5) is 5.95 Å². The first-order chi connectivity index (χ1) is 17.2. The van der Waals surface area contributed by atoms with Gasteiger partial charge in [-0.2, -0.15) is 0 Å². The smallest absolute Gasteiger partial charge is 0.390 e. The Bertz CT molecular complexity index is 1140. The van der Waals surface area contributed by atoms with E-state index in [-0.39, 0.29) is 17.9 Å². The van der Waals surface area contributed by atoms with Crippen LogP contribution in [-0.4, -0.2) is 17.4 Å². The van der Waals surface area contributed by atoms with E-state index in [1.54, 1.807) is 0 Å². The van der Waals surface area contributed by atoms with Gasteiger partial charge in [-0.1, -0.05) is 61.7 Å². The summed E-state index contributed by atoms with van der Waals surface area (Å²) in [6.07, 6.45) is 13.8. The van der Waals surface area contributed by atoms with Crippen LogP contribution >= 0.6 is 0 Å². The summed E-state index contributed by atoms with van der Waals surface area (Å²) in [5.74, 6) is 2.90. The predicted molar refractivity (Wildman–Crippen MR) is 138 cm³/mol. The van der Waals surface area contributed by atoms with Gasteiger partial charge in [0, 0.05) is 5.92 Å². The maximum absolute atomic E-state index is 12.9. The Kier molecular flexibility index (Phi) is 7.45. The highest BCUT2D eigenvalue weighted by molar-refractivity contribution is 5.79. The Balaban J connectivity index is 1.41. The second-order valence-electron chi connectivity index (χ2n) is 10.2. The van der Waals surface area contributed by atoms with Crippen LogP contribution in [0.2, 0.25) is 0 Å². The zero-order valence-electron chi connectivity index (χ0n) is 20.5. The molecule has 3 aromatic rings. The third-order valence-corrected chi connectivity index (χ3v) is 7.77. The van der Waals surface area contributed by atoms with Crippen molar-refractivity contribution < 1.29 is 14.1 Å². The molecule has 2 fully saturated rings. The average Bonchev–Trinajstić information content (AvgIpc) is 2.91. The van der Waals surface area contributed by atoms with Crippen LogP contribution in [-0.2, 0) is 4.79 Å². The monoisotopic (exact) mass is 473 g/mol. The molecule has 2 aliphatic rings. The van der Waals surface area contributed by atoms with Gasteiger partial charge in [-0.25, -0.2) is 4.57 Å². The van der Waals surface area contributed by atoms with Crippen molar-refractivity contribution in [1.82, 2.24) is 10.3 Å². The van der Waals surface area contributed by atoms with E-state index in [4.69, 9.17) is 15.5 Å². The topological polar surface area (TPSA) is 81.1 Å². The zero-order chi connectivity index (χ0) is 24.0. The molecule has 0 bridgehead atoms. The minimum Gasteiger partial charge on any atom is -0.457 e. The first-order valence-corrected chi connectivity index (χ1v) is 13.3. The van der Waals surface area contributed by atoms with Gasteiger partial charge in [-0.15, -0.1) is 0 Å². The van der Waals surface area contributed by atoms with Gasteiger partial charge in [0.15, 0.2) is 5.52 Å². The molecule has 35 heavy (non-hydrogen) atoms. The minimum absolute atomic E-state index is 0.0958. The van der Waals surface area contributed by atoms with Crippen LogP contribution in [0.5, 0.6) is 11.5 Å². The molecule has 5 rings (SSSR count). The van der Waals surface area contributed by atoms with Crippen LogP contribution in [0.15, 0.2) is 54.7 Å². The first-order valence-electron chi connectivity index (χ1n) is 13.3. The first kappa shape index (κ1) is 23.6. The van der Waals surface area contributed by atoms with E-state index in [0.717, 1.165) is 60.9 Å². The molecule has 0 unspecified atom stereocenters. The number of nitrogen functional groups attached to an aromatic ring is 1. The maximum Gasteiger partial charge on any atom is 0.390 e. The second kappa shape index (κ2) is 11.1. The summed E-state index contributed by atoms with van der Waals surface area (Å²) >= 11 is 0. The number of carbonyl (C=O) groups is 1. The Morgan fingerprint density at radius 2 is 1.69 bits per heavy atom. The molecule has 2 aliphatic carbocycles. The molecule has 0 spiro atoms. The van der Waals surface area contributed by atoms with E-state index in [1.807, 2.05) is 48.5 Å². The highest BCUT2D eigenvalue weighted by atomic mass is 16.5. The number of nitrogens with one attached hydrogen (secondary N) is 1. The summed E-state index contributed by atoms with van der Waals surface area (Å²) in [6, 6.07) is 15.8. The number of para-hydroxylation sites is 1. The molecule has 2 aromatic carbocycles.